The number of carbonyl (C=O) groups excluding carboxylic acids is 1. The number of hydrogen-bond acceptors (Lipinski definition) is 1. The van der Waals surface area contributed by atoms with Crippen molar-refractivity contribution in [2.75, 3.05) is 0 Å². The Bertz CT molecular complexity index is 399. The zero-order chi connectivity index (χ0) is 12.8. The van der Waals surface area contributed by atoms with Gasteiger partial charge in [-0.05, 0) is 31.0 Å². The maximum Gasteiger partial charge on any atom is 0.165 e. The number of carbonyl (C=O) groups is 1. The molecule has 1 aromatic carbocycles. The van der Waals surface area contributed by atoms with Crippen molar-refractivity contribution in [1.82, 2.24) is 0 Å². The predicted molar refractivity (Wildman–Crippen MR) is 64.2 cm³/mol. The number of Topliss-reactive ketones (excluding diaryl/α,β-unsaturated/α-hetero) is 1. The first-order valence-electron chi connectivity index (χ1n) is 6.05. The lowest BCUT2D eigenvalue weighted by molar-refractivity contribution is 0.0974. The quantitative estimate of drug-likeness (QED) is 0.531. The van der Waals surface area contributed by atoms with Gasteiger partial charge in [0.2, 0.25) is 0 Å². The summed E-state index contributed by atoms with van der Waals surface area (Å²) < 4.78 is 26.7. The van der Waals surface area contributed by atoms with Crippen LogP contribution in [0.3, 0.4) is 0 Å². The minimum atomic E-state index is -0.621. The fourth-order valence-corrected chi connectivity index (χ4v) is 1.71. The standard InChI is InChI=1S/C14H18F2O/c1-3-4-5-6-7-14(17)11-9-12(15)10(2)8-13(11)16/h8-9H,3-7H2,1-2H3. The Labute approximate surface area is 101 Å². The third-order valence-electron chi connectivity index (χ3n) is 2.81. The van der Waals surface area contributed by atoms with Crippen LogP contribution in [0.5, 0.6) is 0 Å². The number of benzene rings is 1. The molecule has 0 unspecified atom stereocenters. The molecule has 0 amide bonds. The van der Waals surface area contributed by atoms with Crippen LogP contribution >= 0.6 is 0 Å². The Balaban J connectivity index is 2.66. The number of unbranched alkanes of at least 4 members (excludes halogenated alkanes) is 3. The highest BCUT2D eigenvalue weighted by Gasteiger charge is 2.14. The lowest BCUT2D eigenvalue weighted by Gasteiger charge is -2.04. The summed E-state index contributed by atoms with van der Waals surface area (Å²) in [5.41, 5.74) is 0.106. The SMILES string of the molecule is CCCCCCC(=O)c1cc(F)c(C)cc1F. The number of halogens is 2. The summed E-state index contributed by atoms with van der Waals surface area (Å²) in [5, 5.41) is 0. The molecule has 0 saturated heterocycles. The summed E-state index contributed by atoms with van der Waals surface area (Å²) in [7, 11) is 0. The van der Waals surface area contributed by atoms with Crippen LogP contribution in [-0.4, -0.2) is 5.78 Å². The van der Waals surface area contributed by atoms with Gasteiger partial charge in [-0.2, -0.15) is 0 Å². The van der Waals surface area contributed by atoms with Gasteiger partial charge in [-0.1, -0.05) is 26.2 Å². The highest BCUT2D eigenvalue weighted by Crippen LogP contribution is 2.17. The van der Waals surface area contributed by atoms with Crippen molar-refractivity contribution in [3.63, 3.8) is 0 Å². The van der Waals surface area contributed by atoms with Gasteiger partial charge in [0.1, 0.15) is 11.6 Å². The van der Waals surface area contributed by atoms with Crippen LogP contribution in [0.1, 0.15) is 54.9 Å². The molecule has 0 aliphatic rings. The van der Waals surface area contributed by atoms with Gasteiger partial charge in [0, 0.05) is 6.42 Å². The molecule has 0 heterocycles. The van der Waals surface area contributed by atoms with Crippen molar-refractivity contribution in [1.29, 1.82) is 0 Å². The van der Waals surface area contributed by atoms with E-state index in [-0.39, 0.29) is 16.9 Å². The van der Waals surface area contributed by atoms with E-state index in [1.54, 1.807) is 0 Å². The number of hydrogen-bond donors (Lipinski definition) is 0. The van der Waals surface area contributed by atoms with E-state index >= 15 is 0 Å². The van der Waals surface area contributed by atoms with Crippen LogP contribution in [0.25, 0.3) is 0 Å². The lowest BCUT2D eigenvalue weighted by atomic mass is 10.0. The Kier molecular flexibility index (Phi) is 5.26. The van der Waals surface area contributed by atoms with Gasteiger partial charge < -0.3 is 0 Å². The monoisotopic (exact) mass is 240 g/mol. The minimum Gasteiger partial charge on any atom is -0.294 e. The van der Waals surface area contributed by atoms with E-state index in [2.05, 4.69) is 6.92 Å². The first-order valence-corrected chi connectivity index (χ1v) is 6.05. The fourth-order valence-electron chi connectivity index (χ4n) is 1.71. The van der Waals surface area contributed by atoms with Crippen molar-refractivity contribution in [3.05, 3.63) is 34.9 Å². The smallest absolute Gasteiger partial charge is 0.165 e. The first kappa shape index (κ1) is 13.8. The summed E-state index contributed by atoms with van der Waals surface area (Å²) in [5.74, 6) is -1.45. The maximum atomic E-state index is 13.5. The molecule has 94 valence electrons. The maximum absolute atomic E-state index is 13.5. The molecule has 0 atom stereocenters. The van der Waals surface area contributed by atoms with Gasteiger partial charge in [-0.3, -0.25) is 4.79 Å². The molecule has 0 spiro atoms. The molecule has 1 rings (SSSR count). The molecule has 0 aliphatic heterocycles. The van der Waals surface area contributed by atoms with E-state index in [1.807, 2.05) is 0 Å². The largest absolute Gasteiger partial charge is 0.294 e. The summed E-state index contributed by atoms with van der Waals surface area (Å²) in [4.78, 5) is 11.7. The highest BCUT2D eigenvalue weighted by molar-refractivity contribution is 5.96. The highest BCUT2D eigenvalue weighted by atomic mass is 19.1. The number of ketones is 1. The van der Waals surface area contributed by atoms with E-state index in [1.165, 1.54) is 6.92 Å². The Morgan fingerprint density at radius 3 is 2.47 bits per heavy atom. The topological polar surface area (TPSA) is 17.1 Å². The Morgan fingerprint density at radius 2 is 1.82 bits per heavy atom. The fraction of sp³-hybridized carbons (Fsp3) is 0.500. The first-order chi connectivity index (χ1) is 8.06. The summed E-state index contributed by atoms with van der Waals surface area (Å²) in [6.45, 7) is 3.56. The molecular formula is C14H18F2O. The van der Waals surface area contributed by atoms with E-state index < -0.39 is 11.6 Å². The molecule has 1 aromatic rings. The van der Waals surface area contributed by atoms with E-state index in [9.17, 15) is 13.6 Å². The number of aryl methyl sites for hydroxylation is 1. The second-order valence-electron chi connectivity index (χ2n) is 4.32. The molecule has 0 fully saturated rings. The van der Waals surface area contributed by atoms with Crippen molar-refractivity contribution in [3.8, 4) is 0 Å². The number of rotatable bonds is 6. The van der Waals surface area contributed by atoms with E-state index in [0.717, 1.165) is 37.8 Å². The molecule has 1 nitrogen and oxygen atoms in total. The zero-order valence-corrected chi connectivity index (χ0v) is 10.4. The Morgan fingerprint density at radius 1 is 1.12 bits per heavy atom. The van der Waals surface area contributed by atoms with Crippen LogP contribution in [-0.2, 0) is 0 Å². The van der Waals surface area contributed by atoms with Crippen molar-refractivity contribution in [2.24, 2.45) is 0 Å². The minimum absolute atomic E-state index is 0.121. The molecule has 0 saturated carbocycles. The van der Waals surface area contributed by atoms with Gasteiger partial charge in [0.25, 0.3) is 0 Å². The molecule has 0 N–H and O–H groups in total. The average Bonchev–Trinajstić information content (AvgIpc) is 2.29. The summed E-state index contributed by atoms with van der Waals surface area (Å²) >= 11 is 0. The second-order valence-corrected chi connectivity index (χ2v) is 4.32. The van der Waals surface area contributed by atoms with Gasteiger partial charge in [0.15, 0.2) is 5.78 Å². The summed E-state index contributed by atoms with van der Waals surface area (Å²) in [6.07, 6.45) is 4.14. The van der Waals surface area contributed by atoms with Crippen molar-refractivity contribution < 1.29 is 13.6 Å². The normalized spacial score (nSPS) is 10.6. The Hall–Kier alpha value is -1.25. The molecule has 3 heteroatoms. The second kappa shape index (κ2) is 6.48. The third kappa shape index (κ3) is 3.91. The van der Waals surface area contributed by atoms with Gasteiger partial charge in [-0.15, -0.1) is 0 Å². The molecule has 0 aliphatic carbocycles. The van der Waals surface area contributed by atoms with Crippen molar-refractivity contribution in [2.45, 2.75) is 46.0 Å². The van der Waals surface area contributed by atoms with Crippen LogP contribution < -0.4 is 0 Å². The van der Waals surface area contributed by atoms with Crippen LogP contribution in [0.2, 0.25) is 0 Å². The molecule has 0 radical (unpaired) electrons. The van der Waals surface area contributed by atoms with Gasteiger partial charge in [-0.25, -0.2) is 8.78 Å². The van der Waals surface area contributed by atoms with Crippen molar-refractivity contribution >= 4 is 5.78 Å². The van der Waals surface area contributed by atoms with E-state index in [4.69, 9.17) is 0 Å². The summed E-state index contributed by atoms with van der Waals surface area (Å²) in [6, 6.07) is 2.08. The van der Waals surface area contributed by atoms with Crippen LogP contribution in [0, 0.1) is 18.6 Å². The van der Waals surface area contributed by atoms with Crippen LogP contribution in [0.4, 0.5) is 8.78 Å². The molecule has 17 heavy (non-hydrogen) atoms. The zero-order valence-electron chi connectivity index (χ0n) is 10.4. The molecule has 0 aromatic heterocycles. The van der Waals surface area contributed by atoms with E-state index in [0.29, 0.717) is 6.42 Å². The average molecular weight is 240 g/mol. The van der Waals surface area contributed by atoms with Crippen LogP contribution in [0.15, 0.2) is 12.1 Å². The van der Waals surface area contributed by atoms with Gasteiger partial charge in [0.05, 0.1) is 5.56 Å². The third-order valence-corrected chi connectivity index (χ3v) is 2.81. The lowest BCUT2D eigenvalue weighted by Crippen LogP contribution is -2.04. The predicted octanol–water partition coefficient (Wildman–Crippen LogP) is 4.43. The molecule has 0 bridgehead atoms. The van der Waals surface area contributed by atoms with Gasteiger partial charge >= 0.3 is 0 Å². The molecular weight excluding hydrogens is 222 g/mol.